The lowest BCUT2D eigenvalue weighted by molar-refractivity contribution is -0.122. The topological polar surface area (TPSA) is 99.5 Å². The predicted molar refractivity (Wildman–Crippen MR) is 162 cm³/mol. The number of hydrogen-bond acceptors (Lipinski definition) is 6. The largest absolute Gasteiger partial charge is 0.479 e. The summed E-state index contributed by atoms with van der Waals surface area (Å²) in [5, 5.41) is 12.2. The van der Waals surface area contributed by atoms with Gasteiger partial charge >= 0.3 is 0 Å². The maximum atomic E-state index is 14.9. The molecule has 4 aromatic rings. The molecule has 0 saturated carbocycles. The van der Waals surface area contributed by atoms with Crippen LogP contribution in [0.3, 0.4) is 0 Å². The van der Waals surface area contributed by atoms with Gasteiger partial charge in [-0.05, 0) is 65.2 Å². The lowest BCUT2D eigenvalue weighted by Crippen LogP contribution is -2.49. The maximum absolute atomic E-state index is 14.9. The van der Waals surface area contributed by atoms with Gasteiger partial charge in [-0.15, -0.1) is 0 Å². The van der Waals surface area contributed by atoms with Crippen LogP contribution >= 0.6 is 11.6 Å². The first-order chi connectivity index (χ1) is 21.0. The summed E-state index contributed by atoms with van der Waals surface area (Å²) in [5.41, 5.74) is 2.21. The third-order valence-electron chi connectivity index (χ3n) is 8.70. The lowest BCUT2D eigenvalue weighted by atomic mass is 9.62. The monoisotopic (exact) mass is 585 g/mol. The molecule has 3 heterocycles. The number of carbonyl (C=O) groups excluding carboxylic acids is 3. The van der Waals surface area contributed by atoms with Gasteiger partial charge in [0.1, 0.15) is 23.3 Å². The minimum atomic E-state index is -1.44. The molecule has 1 fully saturated rings. The van der Waals surface area contributed by atoms with E-state index < -0.39 is 23.4 Å². The number of para-hydroxylation sites is 1. The first-order valence-corrected chi connectivity index (χ1v) is 14.2. The smallest absolute Gasteiger partial charge is 0.238 e. The minimum Gasteiger partial charge on any atom is -0.479 e. The Morgan fingerprint density at radius 1 is 0.930 bits per heavy atom. The highest BCUT2D eigenvalue weighted by atomic mass is 35.5. The van der Waals surface area contributed by atoms with Crippen LogP contribution in [0.25, 0.3) is 6.08 Å². The number of carbonyl (C=O) groups is 3. The number of halogens is 1. The van der Waals surface area contributed by atoms with Crippen molar-refractivity contribution in [1.29, 1.82) is 5.26 Å². The number of nitriles is 1. The SMILES string of the molecule is N#CCOc1ccc(C(=O)[C@@H]2[C@@H](C(=O)c3ccccc3Cl)N3C=Cc4ccccc4[C@@H]3[C@]23C(=O)Nc2ccccc23)cc1. The number of nitrogens with zero attached hydrogens (tertiary/aromatic N) is 2. The zero-order chi connectivity index (χ0) is 29.7. The molecule has 7 rings (SSSR count). The summed E-state index contributed by atoms with van der Waals surface area (Å²) in [5.74, 6) is -1.73. The fourth-order valence-corrected chi connectivity index (χ4v) is 7.23. The van der Waals surface area contributed by atoms with Crippen LogP contribution in [0.4, 0.5) is 5.69 Å². The van der Waals surface area contributed by atoms with Crippen molar-refractivity contribution in [3.63, 3.8) is 0 Å². The molecule has 3 aliphatic rings. The van der Waals surface area contributed by atoms with Crippen LogP contribution in [0, 0.1) is 17.2 Å². The number of fused-ring (bicyclic) bond motifs is 6. The van der Waals surface area contributed by atoms with E-state index in [1.807, 2.05) is 71.8 Å². The average Bonchev–Trinajstić information content (AvgIpc) is 3.52. The Labute approximate surface area is 253 Å². The Morgan fingerprint density at radius 3 is 2.44 bits per heavy atom. The van der Waals surface area contributed by atoms with Crippen molar-refractivity contribution in [2.45, 2.75) is 17.5 Å². The summed E-state index contributed by atoms with van der Waals surface area (Å²) in [6, 6.07) is 28.6. The van der Waals surface area contributed by atoms with Gasteiger partial charge in [-0.3, -0.25) is 14.4 Å². The van der Waals surface area contributed by atoms with Gasteiger partial charge in [0.2, 0.25) is 5.91 Å². The quantitative estimate of drug-likeness (QED) is 0.270. The van der Waals surface area contributed by atoms with Crippen LogP contribution in [0.2, 0.25) is 5.02 Å². The van der Waals surface area contributed by atoms with Crippen molar-refractivity contribution < 1.29 is 19.1 Å². The van der Waals surface area contributed by atoms with E-state index in [1.54, 1.807) is 48.5 Å². The van der Waals surface area contributed by atoms with Crippen molar-refractivity contribution in [3.05, 3.63) is 136 Å². The van der Waals surface area contributed by atoms with Crippen LogP contribution in [0.15, 0.2) is 103 Å². The van der Waals surface area contributed by atoms with Gasteiger partial charge in [0, 0.05) is 23.0 Å². The van der Waals surface area contributed by atoms with Crippen LogP contribution in [-0.2, 0) is 10.2 Å². The number of rotatable bonds is 6. The number of hydrogen-bond donors (Lipinski definition) is 1. The van der Waals surface area contributed by atoms with Crippen LogP contribution in [-0.4, -0.2) is 35.0 Å². The Balaban J connectivity index is 1.49. The van der Waals surface area contributed by atoms with Crippen molar-refractivity contribution >= 4 is 40.8 Å². The van der Waals surface area contributed by atoms with Crippen molar-refractivity contribution in [2.24, 2.45) is 5.92 Å². The molecular weight excluding hydrogens is 562 g/mol. The van der Waals surface area contributed by atoms with Gasteiger partial charge in [0.25, 0.3) is 0 Å². The summed E-state index contributed by atoms with van der Waals surface area (Å²) < 4.78 is 5.40. The molecular formula is C35H24ClN3O4. The highest BCUT2D eigenvalue weighted by Crippen LogP contribution is 2.62. The lowest BCUT2D eigenvalue weighted by Gasteiger charge is -2.38. The third kappa shape index (κ3) is 3.91. The van der Waals surface area contributed by atoms with E-state index >= 15 is 0 Å². The van der Waals surface area contributed by atoms with Crippen molar-refractivity contribution in [3.8, 4) is 11.8 Å². The normalized spacial score (nSPS) is 22.7. The van der Waals surface area contributed by atoms with Gasteiger partial charge in [0.05, 0.1) is 17.0 Å². The van der Waals surface area contributed by atoms with E-state index in [0.717, 1.165) is 11.1 Å². The van der Waals surface area contributed by atoms with Gasteiger partial charge in [0.15, 0.2) is 18.2 Å². The van der Waals surface area contributed by atoms with Gasteiger partial charge in [-0.25, -0.2) is 0 Å². The summed E-state index contributed by atoms with van der Waals surface area (Å²) in [7, 11) is 0. The van der Waals surface area contributed by atoms with Crippen molar-refractivity contribution in [2.75, 3.05) is 11.9 Å². The summed E-state index contributed by atoms with van der Waals surface area (Å²) in [4.78, 5) is 45.9. The number of amides is 1. The predicted octanol–water partition coefficient (Wildman–Crippen LogP) is 6.22. The molecule has 4 atom stereocenters. The highest BCUT2D eigenvalue weighted by molar-refractivity contribution is 6.34. The highest BCUT2D eigenvalue weighted by Gasteiger charge is 2.70. The van der Waals surface area contributed by atoms with E-state index in [4.69, 9.17) is 21.6 Å². The minimum absolute atomic E-state index is 0.132. The Bertz CT molecular complexity index is 1880. The van der Waals surface area contributed by atoms with Crippen molar-refractivity contribution in [1.82, 2.24) is 4.90 Å². The number of ketones is 2. The number of ether oxygens (including phenoxy) is 1. The fraction of sp³-hybridized carbons (Fsp3) is 0.143. The molecule has 0 unspecified atom stereocenters. The third-order valence-corrected chi connectivity index (χ3v) is 9.03. The molecule has 1 spiro atoms. The number of Topliss-reactive ketones (excluding diaryl/α,β-unsaturated/α-hetero) is 2. The maximum Gasteiger partial charge on any atom is 0.238 e. The second-order valence-electron chi connectivity index (χ2n) is 10.8. The van der Waals surface area contributed by atoms with Crippen LogP contribution < -0.4 is 10.1 Å². The van der Waals surface area contributed by atoms with Crippen LogP contribution in [0.1, 0.15) is 43.4 Å². The van der Waals surface area contributed by atoms with E-state index in [0.29, 0.717) is 22.6 Å². The molecule has 0 aliphatic carbocycles. The Kier molecular flexibility index (Phi) is 6.37. The molecule has 8 heteroatoms. The summed E-state index contributed by atoms with van der Waals surface area (Å²) in [6.07, 6.45) is 3.74. The van der Waals surface area contributed by atoms with E-state index in [1.165, 1.54) is 0 Å². The van der Waals surface area contributed by atoms with Gasteiger partial charge in [-0.2, -0.15) is 5.26 Å². The molecule has 1 N–H and O–H groups in total. The second kappa shape index (κ2) is 10.3. The van der Waals surface area contributed by atoms with E-state index in [2.05, 4.69) is 5.32 Å². The first kappa shape index (κ1) is 26.7. The van der Waals surface area contributed by atoms with Gasteiger partial charge < -0.3 is 15.0 Å². The number of benzene rings is 4. The molecule has 210 valence electrons. The zero-order valence-electron chi connectivity index (χ0n) is 22.7. The number of anilines is 1. The van der Waals surface area contributed by atoms with E-state index in [-0.39, 0.29) is 34.7 Å². The zero-order valence-corrected chi connectivity index (χ0v) is 23.5. The molecule has 0 radical (unpaired) electrons. The molecule has 0 bridgehead atoms. The molecule has 4 aromatic carbocycles. The molecule has 0 aromatic heterocycles. The molecule has 7 nitrogen and oxygen atoms in total. The standard InChI is InChI=1S/C35H24ClN3O4/c36-27-11-5-3-9-25(27)32(41)30-29(31(40)22-13-15-23(16-14-22)43-20-18-37)35(26-10-4-6-12-28(26)38-34(35)42)33-24-8-2-1-7-21(24)17-19-39(30)33/h1-17,19,29-30,33H,20H2,(H,38,42)/t29-,30-,33+,35+/m0/s1. The molecule has 43 heavy (non-hydrogen) atoms. The second-order valence-corrected chi connectivity index (χ2v) is 11.2. The molecule has 3 aliphatic heterocycles. The van der Waals surface area contributed by atoms with Gasteiger partial charge in [-0.1, -0.05) is 66.2 Å². The molecule has 1 amide bonds. The average molecular weight is 586 g/mol. The van der Waals surface area contributed by atoms with E-state index in [9.17, 15) is 14.4 Å². The summed E-state index contributed by atoms with van der Waals surface area (Å²) >= 11 is 6.56. The summed E-state index contributed by atoms with van der Waals surface area (Å²) in [6.45, 7) is -0.132. The van der Waals surface area contributed by atoms with Crippen LogP contribution in [0.5, 0.6) is 5.75 Å². The number of nitrogens with one attached hydrogen (secondary N) is 1. The Morgan fingerprint density at radius 2 is 1.65 bits per heavy atom. The first-order valence-electron chi connectivity index (χ1n) is 13.8. The Hall–Kier alpha value is -5.19. The fourth-order valence-electron chi connectivity index (χ4n) is 7.00. The molecule has 1 saturated heterocycles.